The lowest BCUT2D eigenvalue weighted by Gasteiger charge is -2.35. The molecule has 0 aliphatic carbocycles. The Morgan fingerprint density at radius 2 is 2.44 bits per heavy atom. The van der Waals surface area contributed by atoms with E-state index in [0.29, 0.717) is 18.3 Å². The summed E-state index contributed by atoms with van der Waals surface area (Å²) in [6.45, 7) is 5.87. The molecule has 2 N–H and O–H groups in total. The van der Waals surface area contributed by atoms with Crippen molar-refractivity contribution in [3.05, 3.63) is 11.7 Å². The maximum Gasteiger partial charge on any atom is 0.246 e. The van der Waals surface area contributed by atoms with Crippen molar-refractivity contribution in [2.75, 3.05) is 13.1 Å². The molecule has 0 saturated carbocycles. The van der Waals surface area contributed by atoms with Gasteiger partial charge in [-0.3, -0.25) is 4.79 Å². The normalized spacial score (nSPS) is 23.9. The number of nitrogens with zero attached hydrogens (tertiary/aromatic N) is 2. The van der Waals surface area contributed by atoms with Crippen LogP contribution in [0.15, 0.2) is 4.52 Å². The van der Waals surface area contributed by atoms with Crippen molar-refractivity contribution >= 4 is 5.91 Å². The van der Waals surface area contributed by atoms with Crippen LogP contribution in [0.3, 0.4) is 0 Å². The van der Waals surface area contributed by atoms with Crippen LogP contribution in [0.4, 0.5) is 0 Å². The van der Waals surface area contributed by atoms with Gasteiger partial charge < -0.3 is 15.2 Å². The molecule has 1 aromatic rings. The first kappa shape index (κ1) is 13.0. The molecular formula is C12H20N4O2. The monoisotopic (exact) mass is 252 g/mol. The minimum absolute atomic E-state index is 0.0769. The first-order chi connectivity index (χ1) is 8.66. The van der Waals surface area contributed by atoms with E-state index in [1.54, 1.807) is 6.92 Å². The lowest BCUT2D eigenvalue weighted by atomic mass is 9.77. The van der Waals surface area contributed by atoms with Crippen LogP contribution in [0.5, 0.6) is 0 Å². The van der Waals surface area contributed by atoms with Crippen molar-refractivity contribution in [3.63, 3.8) is 0 Å². The second kappa shape index (κ2) is 5.48. The standard InChI is InChI=1S/C12H20N4O2/c1-3-12(5-4-6-13-8-12)11(17)14-7-10-15-9(2)16-18-10/h13H,3-8H2,1-2H3,(H,14,17). The molecule has 0 radical (unpaired) electrons. The van der Waals surface area contributed by atoms with Gasteiger partial charge >= 0.3 is 0 Å². The Kier molecular flexibility index (Phi) is 3.96. The Morgan fingerprint density at radius 1 is 1.61 bits per heavy atom. The first-order valence-electron chi connectivity index (χ1n) is 6.44. The van der Waals surface area contributed by atoms with Crippen molar-refractivity contribution in [1.29, 1.82) is 0 Å². The maximum atomic E-state index is 12.3. The van der Waals surface area contributed by atoms with E-state index in [4.69, 9.17) is 4.52 Å². The number of piperidine rings is 1. The van der Waals surface area contributed by atoms with Gasteiger partial charge in [0.2, 0.25) is 11.8 Å². The summed E-state index contributed by atoms with van der Waals surface area (Å²) in [6, 6.07) is 0. The lowest BCUT2D eigenvalue weighted by molar-refractivity contribution is -0.132. The summed E-state index contributed by atoms with van der Waals surface area (Å²) in [5.41, 5.74) is -0.284. The second-order valence-corrected chi connectivity index (χ2v) is 4.83. The van der Waals surface area contributed by atoms with Crippen molar-refractivity contribution in [3.8, 4) is 0 Å². The summed E-state index contributed by atoms with van der Waals surface area (Å²) < 4.78 is 4.98. The molecule has 100 valence electrons. The minimum atomic E-state index is -0.284. The molecule has 18 heavy (non-hydrogen) atoms. The van der Waals surface area contributed by atoms with E-state index in [0.717, 1.165) is 32.4 Å². The van der Waals surface area contributed by atoms with E-state index in [9.17, 15) is 4.79 Å². The van der Waals surface area contributed by atoms with Gasteiger partial charge in [-0.1, -0.05) is 12.1 Å². The van der Waals surface area contributed by atoms with Crippen LogP contribution in [0.25, 0.3) is 0 Å². The van der Waals surface area contributed by atoms with Crippen LogP contribution in [-0.2, 0) is 11.3 Å². The Labute approximate surface area is 107 Å². The summed E-state index contributed by atoms with van der Waals surface area (Å²) in [5, 5.41) is 9.89. The van der Waals surface area contributed by atoms with Gasteiger partial charge in [0.1, 0.15) is 0 Å². The summed E-state index contributed by atoms with van der Waals surface area (Å²) >= 11 is 0. The van der Waals surface area contributed by atoms with Gasteiger partial charge in [0, 0.05) is 6.54 Å². The zero-order valence-corrected chi connectivity index (χ0v) is 11.0. The quantitative estimate of drug-likeness (QED) is 0.827. The van der Waals surface area contributed by atoms with E-state index in [1.807, 2.05) is 0 Å². The maximum absolute atomic E-state index is 12.3. The third-order valence-corrected chi connectivity index (χ3v) is 3.60. The lowest BCUT2D eigenvalue weighted by Crippen LogP contribution is -2.50. The SMILES string of the molecule is CCC1(C(=O)NCc2nc(C)no2)CCCNC1. The second-order valence-electron chi connectivity index (χ2n) is 4.83. The molecule has 1 atom stereocenters. The summed E-state index contributed by atoms with van der Waals surface area (Å²) in [4.78, 5) is 16.4. The molecule has 6 heteroatoms. The van der Waals surface area contributed by atoms with Gasteiger partial charge in [-0.05, 0) is 32.7 Å². The van der Waals surface area contributed by atoms with Crippen LogP contribution in [0.1, 0.15) is 37.9 Å². The number of amides is 1. The van der Waals surface area contributed by atoms with Crippen LogP contribution >= 0.6 is 0 Å². The molecule has 1 aromatic heterocycles. The molecule has 1 saturated heterocycles. The molecule has 0 spiro atoms. The Balaban J connectivity index is 1.93. The highest BCUT2D eigenvalue weighted by Gasteiger charge is 2.37. The number of carbonyl (C=O) groups excluding carboxylic acids is 1. The largest absolute Gasteiger partial charge is 0.346 e. The fourth-order valence-corrected chi connectivity index (χ4v) is 2.38. The smallest absolute Gasteiger partial charge is 0.246 e. The average molecular weight is 252 g/mol. The number of hydrogen-bond acceptors (Lipinski definition) is 5. The highest BCUT2D eigenvalue weighted by atomic mass is 16.5. The van der Waals surface area contributed by atoms with E-state index in [2.05, 4.69) is 27.7 Å². The van der Waals surface area contributed by atoms with E-state index in [1.165, 1.54) is 0 Å². The Hall–Kier alpha value is -1.43. The van der Waals surface area contributed by atoms with Gasteiger partial charge in [-0.25, -0.2) is 0 Å². The molecule has 1 aliphatic rings. The zero-order chi connectivity index (χ0) is 13.0. The highest BCUT2D eigenvalue weighted by Crippen LogP contribution is 2.30. The third-order valence-electron chi connectivity index (χ3n) is 3.60. The van der Waals surface area contributed by atoms with Crippen LogP contribution in [0, 0.1) is 12.3 Å². The van der Waals surface area contributed by atoms with E-state index < -0.39 is 0 Å². The van der Waals surface area contributed by atoms with Gasteiger partial charge in [-0.2, -0.15) is 4.98 Å². The predicted octanol–water partition coefficient (Wildman–Crippen LogP) is 0.774. The molecule has 1 fully saturated rings. The van der Waals surface area contributed by atoms with Crippen molar-refractivity contribution in [1.82, 2.24) is 20.8 Å². The topological polar surface area (TPSA) is 80.1 Å². The summed E-state index contributed by atoms with van der Waals surface area (Å²) in [7, 11) is 0. The molecule has 1 amide bonds. The molecule has 6 nitrogen and oxygen atoms in total. The zero-order valence-electron chi connectivity index (χ0n) is 11.0. The van der Waals surface area contributed by atoms with E-state index in [-0.39, 0.29) is 11.3 Å². The molecule has 2 rings (SSSR count). The fraction of sp³-hybridized carbons (Fsp3) is 0.750. The Morgan fingerprint density at radius 3 is 3.00 bits per heavy atom. The first-order valence-corrected chi connectivity index (χ1v) is 6.44. The van der Waals surface area contributed by atoms with Crippen molar-refractivity contribution < 1.29 is 9.32 Å². The number of aryl methyl sites for hydroxylation is 1. The molecule has 1 unspecified atom stereocenters. The molecule has 0 aromatic carbocycles. The van der Waals surface area contributed by atoms with Gasteiger partial charge in [0.05, 0.1) is 12.0 Å². The minimum Gasteiger partial charge on any atom is -0.346 e. The van der Waals surface area contributed by atoms with Crippen LogP contribution in [0.2, 0.25) is 0 Å². The Bertz CT molecular complexity index is 410. The number of nitrogens with one attached hydrogen (secondary N) is 2. The fourth-order valence-electron chi connectivity index (χ4n) is 2.38. The molecule has 2 heterocycles. The summed E-state index contributed by atoms with van der Waals surface area (Å²) in [6.07, 6.45) is 2.82. The van der Waals surface area contributed by atoms with Crippen molar-refractivity contribution in [2.45, 2.75) is 39.7 Å². The third kappa shape index (κ3) is 2.69. The van der Waals surface area contributed by atoms with Crippen LogP contribution < -0.4 is 10.6 Å². The van der Waals surface area contributed by atoms with Crippen LogP contribution in [-0.4, -0.2) is 29.1 Å². The molecule has 0 bridgehead atoms. The number of rotatable bonds is 4. The van der Waals surface area contributed by atoms with Crippen molar-refractivity contribution in [2.24, 2.45) is 5.41 Å². The number of aromatic nitrogens is 2. The number of carbonyl (C=O) groups is 1. The van der Waals surface area contributed by atoms with Gasteiger partial charge in [0.25, 0.3) is 0 Å². The molecular weight excluding hydrogens is 232 g/mol. The highest BCUT2D eigenvalue weighted by molar-refractivity contribution is 5.82. The van der Waals surface area contributed by atoms with Gasteiger partial charge in [-0.15, -0.1) is 0 Å². The predicted molar refractivity (Wildman–Crippen MR) is 65.7 cm³/mol. The summed E-state index contributed by atoms with van der Waals surface area (Å²) in [5.74, 6) is 1.12. The average Bonchev–Trinajstić information content (AvgIpc) is 2.82. The van der Waals surface area contributed by atoms with E-state index >= 15 is 0 Å². The van der Waals surface area contributed by atoms with Gasteiger partial charge in [0.15, 0.2) is 5.82 Å². The number of hydrogen-bond donors (Lipinski definition) is 2. The molecule has 1 aliphatic heterocycles.